The molecule has 0 radical (unpaired) electrons. The molecule has 0 atom stereocenters. The van der Waals surface area contributed by atoms with Gasteiger partial charge < -0.3 is 13.9 Å². The number of fused-ring (bicyclic) bond motifs is 1. The van der Waals surface area contributed by atoms with E-state index in [1.165, 1.54) is 0 Å². The molecule has 0 N–H and O–H groups in total. The third kappa shape index (κ3) is 4.49. The van der Waals surface area contributed by atoms with Crippen molar-refractivity contribution in [2.75, 3.05) is 0 Å². The highest BCUT2D eigenvalue weighted by molar-refractivity contribution is 6.35. The zero-order valence-corrected chi connectivity index (χ0v) is 18.8. The fraction of sp³-hybridized carbons (Fsp3) is 0.120. The van der Waals surface area contributed by atoms with E-state index in [4.69, 9.17) is 37.1 Å². The zero-order chi connectivity index (χ0) is 22.8. The second kappa shape index (κ2) is 9.07. The van der Waals surface area contributed by atoms with Gasteiger partial charge in [0.1, 0.15) is 22.6 Å². The van der Waals surface area contributed by atoms with Crippen LogP contribution in [0.5, 0.6) is 17.4 Å². The standard InChI is InChI=1S/C25H18Cl2O5/c1-3-22(28)32-25-23(15-6-4-14(2)5-7-15)24(29)18-10-9-17(13-21(18)31-25)30-20-11-8-16(26)12-19(20)27/h4-13H,3H2,1-2H3. The molecule has 5 nitrogen and oxygen atoms in total. The number of rotatable bonds is 5. The van der Waals surface area contributed by atoms with Gasteiger partial charge in [0.05, 0.1) is 10.4 Å². The van der Waals surface area contributed by atoms with E-state index in [0.717, 1.165) is 5.56 Å². The highest BCUT2D eigenvalue weighted by atomic mass is 35.5. The Morgan fingerprint density at radius 1 is 1.00 bits per heavy atom. The molecule has 0 saturated carbocycles. The van der Waals surface area contributed by atoms with Gasteiger partial charge in [0.2, 0.25) is 5.43 Å². The van der Waals surface area contributed by atoms with Crippen molar-refractivity contribution >= 4 is 40.1 Å². The minimum Gasteiger partial charge on any atom is -0.456 e. The molecule has 1 heterocycles. The van der Waals surface area contributed by atoms with Crippen molar-refractivity contribution in [2.45, 2.75) is 20.3 Å². The van der Waals surface area contributed by atoms with Gasteiger partial charge in [-0.05, 0) is 42.8 Å². The van der Waals surface area contributed by atoms with Gasteiger partial charge in [-0.25, -0.2) is 0 Å². The predicted octanol–water partition coefficient (Wildman–Crippen LogP) is 7.18. The van der Waals surface area contributed by atoms with E-state index in [1.54, 1.807) is 55.5 Å². The first-order valence-electron chi connectivity index (χ1n) is 9.87. The van der Waals surface area contributed by atoms with Crippen molar-refractivity contribution in [1.82, 2.24) is 0 Å². The number of carbonyl (C=O) groups is 1. The van der Waals surface area contributed by atoms with Crippen LogP contribution in [0.4, 0.5) is 0 Å². The largest absolute Gasteiger partial charge is 0.456 e. The third-order valence-electron chi connectivity index (χ3n) is 4.79. The quantitative estimate of drug-likeness (QED) is 0.290. The van der Waals surface area contributed by atoms with Crippen LogP contribution in [-0.2, 0) is 4.79 Å². The average molecular weight is 469 g/mol. The summed E-state index contributed by atoms with van der Waals surface area (Å²) in [5.74, 6) is 0.119. The van der Waals surface area contributed by atoms with Gasteiger partial charge in [-0.3, -0.25) is 9.59 Å². The number of halogens is 2. The normalized spacial score (nSPS) is 10.9. The monoisotopic (exact) mass is 468 g/mol. The Morgan fingerprint density at radius 2 is 1.75 bits per heavy atom. The topological polar surface area (TPSA) is 65.7 Å². The molecule has 0 bridgehead atoms. The van der Waals surface area contributed by atoms with E-state index < -0.39 is 5.97 Å². The highest BCUT2D eigenvalue weighted by Crippen LogP contribution is 2.35. The van der Waals surface area contributed by atoms with Gasteiger partial charge in [0.25, 0.3) is 0 Å². The molecule has 0 aliphatic heterocycles. The van der Waals surface area contributed by atoms with Gasteiger partial charge in [-0.15, -0.1) is 0 Å². The van der Waals surface area contributed by atoms with Gasteiger partial charge in [-0.1, -0.05) is 60.0 Å². The third-order valence-corrected chi connectivity index (χ3v) is 5.32. The van der Waals surface area contributed by atoms with E-state index in [0.29, 0.717) is 32.5 Å². The molecule has 0 fully saturated rings. The first-order chi connectivity index (χ1) is 15.4. The van der Waals surface area contributed by atoms with Gasteiger partial charge >= 0.3 is 11.9 Å². The summed E-state index contributed by atoms with van der Waals surface area (Å²) in [6, 6.07) is 17.0. The molecule has 4 rings (SSSR count). The molecular formula is C25H18Cl2O5. The molecule has 0 unspecified atom stereocenters. The second-order valence-corrected chi connectivity index (χ2v) is 7.97. The number of benzene rings is 3. The summed E-state index contributed by atoms with van der Waals surface area (Å²) in [5, 5.41) is 1.15. The summed E-state index contributed by atoms with van der Waals surface area (Å²) in [6.07, 6.45) is 0.132. The number of esters is 1. The van der Waals surface area contributed by atoms with Crippen molar-refractivity contribution in [3.63, 3.8) is 0 Å². The molecule has 4 aromatic rings. The van der Waals surface area contributed by atoms with Crippen LogP contribution in [0.3, 0.4) is 0 Å². The van der Waals surface area contributed by atoms with E-state index in [1.807, 2.05) is 19.1 Å². The summed E-state index contributed by atoms with van der Waals surface area (Å²) < 4.78 is 17.1. The van der Waals surface area contributed by atoms with Crippen LogP contribution < -0.4 is 14.9 Å². The minimum atomic E-state index is -0.513. The molecule has 0 aliphatic carbocycles. The Labute approximate surface area is 194 Å². The Hall–Kier alpha value is -3.28. The fourth-order valence-electron chi connectivity index (χ4n) is 3.12. The van der Waals surface area contributed by atoms with Crippen molar-refractivity contribution in [3.05, 3.63) is 86.5 Å². The molecule has 0 spiro atoms. The summed E-state index contributed by atoms with van der Waals surface area (Å²) in [6.45, 7) is 3.61. The maximum Gasteiger partial charge on any atom is 0.313 e. The van der Waals surface area contributed by atoms with E-state index in [9.17, 15) is 9.59 Å². The number of carbonyl (C=O) groups excluding carboxylic acids is 1. The molecule has 162 valence electrons. The SMILES string of the molecule is CCC(=O)Oc1oc2cc(Oc3ccc(Cl)cc3Cl)ccc2c(=O)c1-c1ccc(C)cc1. The lowest BCUT2D eigenvalue weighted by Crippen LogP contribution is -2.12. The lowest BCUT2D eigenvalue weighted by molar-refractivity contribution is -0.135. The molecular weight excluding hydrogens is 451 g/mol. The fourth-order valence-corrected chi connectivity index (χ4v) is 3.57. The Kier molecular flexibility index (Phi) is 6.21. The maximum absolute atomic E-state index is 13.3. The molecule has 0 saturated heterocycles. The first-order valence-corrected chi connectivity index (χ1v) is 10.6. The Balaban J connectivity index is 1.84. The van der Waals surface area contributed by atoms with Crippen molar-refractivity contribution in [2.24, 2.45) is 0 Å². The molecule has 7 heteroatoms. The summed E-state index contributed by atoms with van der Waals surface area (Å²) in [5.41, 5.74) is 1.72. The van der Waals surface area contributed by atoms with Crippen molar-refractivity contribution in [1.29, 1.82) is 0 Å². The summed E-state index contributed by atoms with van der Waals surface area (Å²) >= 11 is 12.1. The summed E-state index contributed by atoms with van der Waals surface area (Å²) in [7, 11) is 0. The van der Waals surface area contributed by atoms with E-state index in [-0.39, 0.29) is 28.9 Å². The summed E-state index contributed by atoms with van der Waals surface area (Å²) in [4.78, 5) is 25.3. The van der Waals surface area contributed by atoms with Gasteiger partial charge in [0.15, 0.2) is 0 Å². The number of aryl methyl sites for hydroxylation is 1. The maximum atomic E-state index is 13.3. The highest BCUT2D eigenvalue weighted by Gasteiger charge is 2.20. The first kappa shape index (κ1) is 21.9. The van der Waals surface area contributed by atoms with Crippen LogP contribution in [0.25, 0.3) is 22.1 Å². The van der Waals surface area contributed by atoms with E-state index >= 15 is 0 Å². The Bertz CT molecular complexity index is 1370. The lowest BCUT2D eigenvalue weighted by atomic mass is 10.0. The van der Waals surface area contributed by atoms with Gasteiger partial charge in [0, 0.05) is 17.5 Å². The second-order valence-electron chi connectivity index (χ2n) is 7.12. The van der Waals surface area contributed by atoms with Crippen LogP contribution in [0.2, 0.25) is 10.0 Å². The molecule has 1 aromatic heterocycles. The number of ether oxygens (including phenoxy) is 2. The van der Waals surface area contributed by atoms with E-state index in [2.05, 4.69) is 0 Å². The molecule has 0 amide bonds. The van der Waals surface area contributed by atoms with Crippen LogP contribution in [-0.4, -0.2) is 5.97 Å². The zero-order valence-electron chi connectivity index (χ0n) is 17.3. The van der Waals surface area contributed by atoms with Crippen LogP contribution in [0.15, 0.2) is 69.9 Å². The van der Waals surface area contributed by atoms with Crippen molar-refractivity contribution in [3.8, 4) is 28.6 Å². The van der Waals surface area contributed by atoms with Crippen LogP contribution in [0.1, 0.15) is 18.9 Å². The average Bonchev–Trinajstić information content (AvgIpc) is 2.76. The molecule has 3 aromatic carbocycles. The number of hydrogen-bond donors (Lipinski definition) is 0. The van der Waals surface area contributed by atoms with Crippen LogP contribution in [0, 0.1) is 6.92 Å². The smallest absolute Gasteiger partial charge is 0.313 e. The van der Waals surface area contributed by atoms with Gasteiger partial charge in [-0.2, -0.15) is 0 Å². The van der Waals surface area contributed by atoms with Crippen LogP contribution >= 0.6 is 23.2 Å². The molecule has 0 aliphatic rings. The minimum absolute atomic E-state index is 0.132. The number of hydrogen-bond acceptors (Lipinski definition) is 5. The van der Waals surface area contributed by atoms with Crippen molar-refractivity contribution < 1.29 is 18.7 Å². The lowest BCUT2D eigenvalue weighted by Gasteiger charge is -2.12. The predicted molar refractivity (Wildman–Crippen MR) is 125 cm³/mol. The Morgan fingerprint density at radius 3 is 2.44 bits per heavy atom. The molecule has 32 heavy (non-hydrogen) atoms.